The van der Waals surface area contributed by atoms with Crippen LogP contribution in [0.4, 0.5) is 10.1 Å². The summed E-state index contributed by atoms with van der Waals surface area (Å²) in [4.78, 5) is -0.157. The molecular weight excluding hydrogens is 432 g/mol. The van der Waals surface area contributed by atoms with Gasteiger partial charge in [-0.15, -0.1) is 0 Å². The standard InChI is InChI=1S/C13H10ClFINO3S/c1-20-12-5-2-8(14)6-13(12)21(18,19)17-11-4-3-9(16)7-10(11)15/h2-7,17H,1H3. The lowest BCUT2D eigenvalue weighted by atomic mass is 10.3. The van der Waals surface area contributed by atoms with E-state index in [1.54, 1.807) is 6.07 Å². The first kappa shape index (κ1) is 16.3. The van der Waals surface area contributed by atoms with Gasteiger partial charge in [0.2, 0.25) is 0 Å². The second kappa shape index (κ2) is 6.37. The monoisotopic (exact) mass is 441 g/mol. The quantitative estimate of drug-likeness (QED) is 0.733. The van der Waals surface area contributed by atoms with E-state index in [4.69, 9.17) is 16.3 Å². The van der Waals surface area contributed by atoms with Gasteiger partial charge >= 0.3 is 0 Å². The molecule has 0 heterocycles. The highest BCUT2D eigenvalue weighted by Crippen LogP contribution is 2.29. The van der Waals surface area contributed by atoms with E-state index in [2.05, 4.69) is 4.72 Å². The van der Waals surface area contributed by atoms with Gasteiger partial charge in [0, 0.05) is 8.59 Å². The third kappa shape index (κ3) is 3.78. The van der Waals surface area contributed by atoms with E-state index in [0.29, 0.717) is 3.57 Å². The minimum atomic E-state index is -4.02. The molecule has 1 N–H and O–H groups in total. The lowest BCUT2D eigenvalue weighted by Crippen LogP contribution is -2.15. The van der Waals surface area contributed by atoms with Crippen molar-refractivity contribution in [2.24, 2.45) is 0 Å². The zero-order valence-electron chi connectivity index (χ0n) is 10.7. The third-order valence-electron chi connectivity index (χ3n) is 2.59. The van der Waals surface area contributed by atoms with Crippen molar-refractivity contribution in [3.05, 3.63) is 50.8 Å². The Hall–Kier alpha value is -1.06. The number of hydrogen-bond donors (Lipinski definition) is 1. The molecule has 0 aliphatic heterocycles. The molecule has 0 fully saturated rings. The maximum absolute atomic E-state index is 13.8. The molecule has 4 nitrogen and oxygen atoms in total. The van der Waals surface area contributed by atoms with Crippen molar-refractivity contribution in [3.63, 3.8) is 0 Å². The Morgan fingerprint density at radius 3 is 2.57 bits per heavy atom. The van der Waals surface area contributed by atoms with Crippen molar-refractivity contribution in [2.45, 2.75) is 4.90 Å². The molecule has 0 saturated carbocycles. The molecule has 2 aromatic carbocycles. The van der Waals surface area contributed by atoms with Gasteiger partial charge in [-0.05, 0) is 59.0 Å². The Balaban J connectivity index is 2.45. The molecule has 0 radical (unpaired) electrons. The molecule has 0 aromatic heterocycles. The summed E-state index contributed by atoms with van der Waals surface area (Å²) in [5.41, 5.74) is -0.141. The van der Waals surface area contributed by atoms with Crippen molar-refractivity contribution in [1.82, 2.24) is 0 Å². The van der Waals surface area contributed by atoms with E-state index in [-0.39, 0.29) is 21.4 Å². The SMILES string of the molecule is COc1ccc(Cl)cc1S(=O)(=O)Nc1ccc(I)cc1F. The molecule has 21 heavy (non-hydrogen) atoms. The fourth-order valence-corrected chi connectivity index (χ4v) is 3.59. The van der Waals surface area contributed by atoms with Gasteiger partial charge in [0.05, 0.1) is 12.8 Å². The molecule has 0 unspecified atom stereocenters. The van der Waals surface area contributed by atoms with Gasteiger partial charge in [0.15, 0.2) is 0 Å². The average molecular weight is 442 g/mol. The van der Waals surface area contributed by atoms with Crippen LogP contribution in [0.2, 0.25) is 5.02 Å². The number of rotatable bonds is 4. The summed E-state index contributed by atoms with van der Waals surface area (Å²) in [5.74, 6) is -0.538. The largest absolute Gasteiger partial charge is 0.495 e. The average Bonchev–Trinajstić information content (AvgIpc) is 2.42. The van der Waals surface area contributed by atoms with Crippen LogP contribution >= 0.6 is 34.2 Å². The number of nitrogens with one attached hydrogen (secondary N) is 1. The van der Waals surface area contributed by atoms with Crippen molar-refractivity contribution in [3.8, 4) is 5.75 Å². The Labute approximate surface area is 140 Å². The number of hydrogen-bond acceptors (Lipinski definition) is 3. The van der Waals surface area contributed by atoms with Gasteiger partial charge in [-0.25, -0.2) is 12.8 Å². The van der Waals surface area contributed by atoms with Gasteiger partial charge < -0.3 is 4.74 Å². The predicted octanol–water partition coefficient (Wildman–Crippen LogP) is 3.89. The molecule has 2 aromatic rings. The van der Waals surface area contributed by atoms with Crippen molar-refractivity contribution in [2.75, 3.05) is 11.8 Å². The Morgan fingerprint density at radius 2 is 1.95 bits per heavy atom. The van der Waals surface area contributed by atoms with Crippen LogP contribution in [-0.4, -0.2) is 15.5 Å². The summed E-state index contributed by atoms with van der Waals surface area (Å²) in [6.07, 6.45) is 0. The van der Waals surface area contributed by atoms with Crippen LogP contribution in [0, 0.1) is 9.39 Å². The first-order valence-electron chi connectivity index (χ1n) is 5.65. The second-order valence-corrected chi connectivity index (χ2v) is 7.36. The number of anilines is 1. The van der Waals surface area contributed by atoms with E-state index in [0.717, 1.165) is 0 Å². The molecule has 0 atom stereocenters. The number of ether oxygens (including phenoxy) is 1. The topological polar surface area (TPSA) is 55.4 Å². The minimum Gasteiger partial charge on any atom is -0.495 e. The van der Waals surface area contributed by atoms with Gasteiger partial charge in [0.1, 0.15) is 16.5 Å². The lowest BCUT2D eigenvalue weighted by molar-refractivity contribution is 0.403. The lowest BCUT2D eigenvalue weighted by Gasteiger charge is -2.12. The molecular formula is C13H10ClFINO3S. The Morgan fingerprint density at radius 1 is 1.24 bits per heavy atom. The molecule has 0 bridgehead atoms. The van der Waals surface area contributed by atoms with E-state index < -0.39 is 15.8 Å². The fourth-order valence-electron chi connectivity index (χ4n) is 1.63. The molecule has 0 amide bonds. The maximum Gasteiger partial charge on any atom is 0.265 e. The summed E-state index contributed by atoms with van der Waals surface area (Å²) in [7, 11) is -2.67. The van der Waals surface area contributed by atoms with Gasteiger partial charge in [-0.1, -0.05) is 11.6 Å². The summed E-state index contributed by atoms with van der Waals surface area (Å²) in [6.45, 7) is 0. The van der Waals surface area contributed by atoms with Gasteiger partial charge in [0.25, 0.3) is 10.0 Å². The maximum atomic E-state index is 13.8. The van der Waals surface area contributed by atoms with E-state index in [9.17, 15) is 12.8 Å². The first-order chi connectivity index (χ1) is 9.83. The van der Waals surface area contributed by atoms with Crippen LogP contribution in [0.15, 0.2) is 41.3 Å². The van der Waals surface area contributed by atoms with Gasteiger partial charge in [-0.3, -0.25) is 4.72 Å². The number of sulfonamides is 1. The first-order valence-corrected chi connectivity index (χ1v) is 8.59. The number of halogens is 3. The summed E-state index contributed by atoms with van der Waals surface area (Å²) in [6, 6.07) is 8.36. The van der Waals surface area contributed by atoms with Crippen LogP contribution in [-0.2, 0) is 10.0 Å². The summed E-state index contributed by atoms with van der Waals surface area (Å²) in [5, 5.41) is 0.235. The van der Waals surface area contributed by atoms with Crippen molar-refractivity contribution < 1.29 is 17.5 Å². The van der Waals surface area contributed by atoms with Crippen molar-refractivity contribution >= 4 is 49.9 Å². The van der Waals surface area contributed by atoms with Crippen LogP contribution in [0.3, 0.4) is 0 Å². The Bertz CT molecular complexity index is 783. The van der Waals surface area contributed by atoms with Crippen LogP contribution in [0.25, 0.3) is 0 Å². The van der Waals surface area contributed by atoms with E-state index in [1.807, 2.05) is 22.6 Å². The Kier molecular flexibility index (Phi) is 4.95. The number of benzene rings is 2. The molecule has 0 saturated heterocycles. The zero-order valence-corrected chi connectivity index (χ0v) is 14.5. The molecule has 2 rings (SSSR count). The van der Waals surface area contributed by atoms with Crippen LogP contribution < -0.4 is 9.46 Å². The van der Waals surface area contributed by atoms with Crippen LogP contribution in [0.5, 0.6) is 5.75 Å². The third-order valence-corrected chi connectivity index (χ3v) is 4.88. The molecule has 112 valence electrons. The highest BCUT2D eigenvalue weighted by atomic mass is 127. The second-order valence-electron chi connectivity index (χ2n) is 4.02. The summed E-state index contributed by atoms with van der Waals surface area (Å²) >= 11 is 7.74. The molecule has 0 spiro atoms. The fraction of sp³-hybridized carbons (Fsp3) is 0.0769. The van der Waals surface area contributed by atoms with Crippen LogP contribution in [0.1, 0.15) is 0 Å². The highest BCUT2D eigenvalue weighted by Gasteiger charge is 2.21. The van der Waals surface area contributed by atoms with Gasteiger partial charge in [-0.2, -0.15) is 0 Å². The number of methoxy groups -OCH3 is 1. The smallest absolute Gasteiger partial charge is 0.265 e. The zero-order chi connectivity index (χ0) is 15.6. The van der Waals surface area contributed by atoms with E-state index >= 15 is 0 Å². The van der Waals surface area contributed by atoms with Crippen molar-refractivity contribution in [1.29, 1.82) is 0 Å². The molecule has 0 aliphatic rings. The molecule has 8 heteroatoms. The minimum absolute atomic E-state index is 0.123. The molecule has 0 aliphatic carbocycles. The summed E-state index contributed by atoms with van der Waals surface area (Å²) < 4.78 is 46.3. The normalized spacial score (nSPS) is 11.2. The van der Waals surface area contributed by atoms with E-state index in [1.165, 1.54) is 37.4 Å². The highest BCUT2D eigenvalue weighted by molar-refractivity contribution is 14.1. The predicted molar refractivity (Wildman–Crippen MR) is 87.9 cm³/mol.